The Kier molecular flexibility index (Phi) is 3.21. The molecule has 1 aliphatic rings. The Morgan fingerprint density at radius 3 is 2.39 bits per heavy atom. The van der Waals surface area contributed by atoms with Crippen LogP contribution in [-0.2, 0) is 5.60 Å². The van der Waals surface area contributed by atoms with Crippen LogP contribution in [0.15, 0.2) is 66.7 Å². The Labute approximate surface area is 141 Å². The van der Waals surface area contributed by atoms with Crippen molar-refractivity contribution in [3.8, 4) is 28.0 Å². The SMILES string of the molecule is CC1(C)Oc2cc(-c3cccc(Cl)c3)ccc2-c2ccccc21. The van der Waals surface area contributed by atoms with Crippen molar-refractivity contribution in [1.82, 2.24) is 0 Å². The minimum Gasteiger partial charge on any atom is -0.482 e. The van der Waals surface area contributed by atoms with Gasteiger partial charge in [-0.2, -0.15) is 0 Å². The molecule has 0 saturated carbocycles. The van der Waals surface area contributed by atoms with Crippen molar-refractivity contribution in [3.63, 3.8) is 0 Å². The Balaban J connectivity index is 1.89. The van der Waals surface area contributed by atoms with Gasteiger partial charge >= 0.3 is 0 Å². The number of hydrogen-bond acceptors (Lipinski definition) is 1. The van der Waals surface area contributed by atoms with Crippen molar-refractivity contribution in [1.29, 1.82) is 0 Å². The van der Waals surface area contributed by atoms with Gasteiger partial charge in [0, 0.05) is 16.1 Å². The van der Waals surface area contributed by atoms with Gasteiger partial charge in [-0.1, -0.05) is 60.1 Å². The predicted octanol–water partition coefficient (Wildman–Crippen LogP) is 6.30. The molecule has 0 fully saturated rings. The minimum absolute atomic E-state index is 0.337. The van der Waals surface area contributed by atoms with E-state index in [-0.39, 0.29) is 5.60 Å². The topological polar surface area (TPSA) is 9.23 Å². The third-order valence-corrected chi connectivity index (χ3v) is 4.61. The van der Waals surface area contributed by atoms with Crippen molar-refractivity contribution in [2.24, 2.45) is 0 Å². The monoisotopic (exact) mass is 320 g/mol. The number of fused-ring (bicyclic) bond motifs is 3. The minimum atomic E-state index is -0.337. The lowest BCUT2D eigenvalue weighted by Gasteiger charge is -2.35. The van der Waals surface area contributed by atoms with Crippen molar-refractivity contribution in [2.75, 3.05) is 0 Å². The summed E-state index contributed by atoms with van der Waals surface area (Å²) in [6.07, 6.45) is 0. The summed E-state index contributed by atoms with van der Waals surface area (Å²) in [4.78, 5) is 0. The van der Waals surface area contributed by atoms with Gasteiger partial charge in [-0.15, -0.1) is 0 Å². The molecule has 0 aliphatic carbocycles. The summed E-state index contributed by atoms with van der Waals surface area (Å²) in [6.45, 7) is 4.22. The van der Waals surface area contributed by atoms with Crippen LogP contribution in [0.4, 0.5) is 0 Å². The van der Waals surface area contributed by atoms with E-state index in [9.17, 15) is 0 Å². The standard InChI is InChI=1S/C21H17ClO/c1-21(2)19-9-4-3-8-17(19)18-11-10-15(13-20(18)23-21)14-6-5-7-16(22)12-14/h3-13H,1-2H3. The van der Waals surface area contributed by atoms with Crippen LogP contribution >= 0.6 is 11.6 Å². The summed E-state index contributed by atoms with van der Waals surface area (Å²) in [5.74, 6) is 0.922. The van der Waals surface area contributed by atoms with Gasteiger partial charge in [0.05, 0.1) is 0 Å². The highest BCUT2D eigenvalue weighted by molar-refractivity contribution is 6.30. The average Bonchev–Trinajstić information content (AvgIpc) is 2.54. The quantitative estimate of drug-likeness (QED) is 0.511. The van der Waals surface area contributed by atoms with Crippen LogP contribution in [0.1, 0.15) is 19.4 Å². The van der Waals surface area contributed by atoms with Gasteiger partial charge in [-0.05, 0) is 48.7 Å². The maximum Gasteiger partial charge on any atom is 0.129 e. The van der Waals surface area contributed by atoms with Crippen LogP contribution in [0.25, 0.3) is 22.3 Å². The molecular weight excluding hydrogens is 304 g/mol. The fourth-order valence-corrected chi connectivity index (χ4v) is 3.44. The van der Waals surface area contributed by atoms with E-state index in [0.717, 1.165) is 27.5 Å². The number of ether oxygens (including phenoxy) is 1. The van der Waals surface area contributed by atoms with Crippen molar-refractivity contribution in [2.45, 2.75) is 19.4 Å². The van der Waals surface area contributed by atoms with E-state index in [1.54, 1.807) is 0 Å². The fraction of sp³-hybridized carbons (Fsp3) is 0.143. The Hall–Kier alpha value is -2.25. The number of hydrogen-bond donors (Lipinski definition) is 0. The highest BCUT2D eigenvalue weighted by atomic mass is 35.5. The summed E-state index contributed by atoms with van der Waals surface area (Å²) >= 11 is 6.12. The van der Waals surface area contributed by atoms with Crippen molar-refractivity contribution < 1.29 is 4.74 Å². The summed E-state index contributed by atoms with van der Waals surface area (Å²) in [5.41, 5.74) is 5.49. The normalized spacial score (nSPS) is 14.6. The van der Waals surface area contributed by atoms with E-state index in [4.69, 9.17) is 16.3 Å². The molecule has 0 radical (unpaired) electrons. The smallest absolute Gasteiger partial charge is 0.129 e. The first-order valence-corrected chi connectivity index (χ1v) is 8.11. The lowest BCUT2D eigenvalue weighted by Crippen LogP contribution is -2.29. The summed E-state index contributed by atoms with van der Waals surface area (Å²) < 4.78 is 6.31. The van der Waals surface area contributed by atoms with Gasteiger partial charge in [-0.25, -0.2) is 0 Å². The first-order valence-electron chi connectivity index (χ1n) is 7.73. The van der Waals surface area contributed by atoms with Crippen LogP contribution in [-0.4, -0.2) is 0 Å². The first kappa shape index (κ1) is 14.3. The molecule has 2 heteroatoms. The number of rotatable bonds is 1. The molecular formula is C21H17ClO. The summed E-state index contributed by atoms with van der Waals surface area (Å²) in [7, 11) is 0. The molecule has 0 amide bonds. The van der Waals surface area contributed by atoms with Crippen LogP contribution in [0, 0.1) is 0 Å². The second kappa shape index (κ2) is 5.14. The van der Waals surface area contributed by atoms with Gasteiger partial charge in [0.25, 0.3) is 0 Å². The lowest BCUT2D eigenvalue weighted by molar-refractivity contribution is 0.106. The van der Waals surface area contributed by atoms with Crippen LogP contribution < -0.4 is 4.74 Å². The molecule has 4 rings (SSSR count). The third-order valence-electron chi connectivity index (χ3n) is 4.37. The van der Waals surface area contributed by atoms with E-state index in [0.29, 0.717) is 0 Å². The van der Waals surface area contributed by atoms with Crippen LogP contribution in [0.2, 0.25) is 5.02 Å². The zero-order valence-corrected chi connectivity index (χ0v) is 13.9. The Morgan fingerprint density at radius 1 is 0.783 bits per heavy atom. The maximum atomic E-state index is 6.31. The molecule has 1 nitrogen and oxygen atoms in total. The molecule has 114 valence electrons. The predicted molar refractivity (Wildman–Crippen MR) is 96.0 cm³/mol. The van der Waals surface area contributed by atoms with E-state index < -0.39 is 0 Å². The van der Waals surface area contributed by atoms with E-state index in [1.807, 2.05) is 18.2 Å². The molecule has 0 N–H and O–H groups in total. The van der Waals surface area contributed by atoms with E-state index >= 15 is 0 Å². The lowest BCUT2D eigenvalue weighted by atomic mass is 9.85. The third kappa shape index (κ3) is 2.42. The molecule has 0 bridgehead atoms. The van der Waals surface area contributed by atoms with Gasteiger partial charge in [0.1, 0.15) is 11.4 Å². The van der Waals surface area contributed by atoms with Gasteiger partial charge < -0.3 is 4.74 Å². The molecule has 1 aliphatic heterocycles. The zero-order chi connectivity index (χ0) is 16.0. The highest BCUT2D eigenvalue weighted by Gasteiger charge is 2.32. The molecule has 0 unspecified atom stereocenters. The molecule has 0 aromatic heterocycles. The van der Waals surface area contributed by atoms with Gasteiger partial charge in [0.15, 0.2) is 0 Å². The summed E-state index contributed by atoms with van der Waals surface area (Å²) in [5, 5.41) is 0.742. The Morgan fingerprint density at radius 2 is 1.57 bits per heavy atom. The zero-order valence-electron chi connectivity index (χ0n) is 13.1. The molecule has 0 saturated heterocycles. The fourth-order valence-electron chi connectivity index (χ4n) is 3.25. The van der Waals surface area contributed by atoms with Gasteiger partial charge in [-0.3, -0.25) is 0 Å². The molecule has 1 heterocycles. The van der Waals surface area contributed by atoms with Gasteiger partial charge in [0.2, 0.25) is 0 Å². The average molecular weight is 321 g/mol. The maximum absolute atomic E-state index is 6.31. The van der Waals surface area contributed by atoms with Crippen molar-refractivity contribution >= 4 is 11.6 Å². The largest absolute Gasteiger partial charge is 0.482 e. The molecule has 0 spiro atoms. The van der Waals surface area contributed by atoms with Crippen LogP contribution in [0.5, 0.6) is 5.75 Å². The van der Waals surface area contributed by atoms with Crippen molar-refractivity contribution in [3.05, 3.63) is 77.3 Å². The molecule has 23 heavy (non-hydrogen) atoms. The summed E-state index contributed by atoms with van der Waals surface area (Å²) in [6, 6.07) is 22.7. The second-order valence-corrected chi connectivity index (χ2v) is 6.82. The van der Waals surface area contributed by atoms with E-state index in [1.165, 1.54) is 11.1 Å². The Bertz CT molecular complexity index is 896. The highest BCUT2D eigenvalue weighted by Crippen LogP contribution is 2.46. The molecule has 0 atom stereocenters. The first-order chi connectivity index (χ1) is 11.0. The second-order valence-electron chi connectivity index (χ2n) is 6.38. The molecule has 3 aromatic carbocycles. The number of benzene rings is 3. The van der Waals surface area contributed by atoms with Crippen LogP contribution in [0.3, 0.4) is 0 Å². The number of halogens is 1. The molecule has 3 aromatic rings. The van der Waals surface area contributed by atoms with E-state index in [2.05, 4.69) is 62.4 Å².